The first-order valence-corrected chi connectivity index (χ1v) is 10.6. The molecule has 0 spiro atoms. The minimum Gasteiger partial charge on any atom is -0.322 e. The van der Waals surface area contributed by atoms with Crippen LogP contribution in [0.25, 0.3) is 0 Å². The average Bonchev–Trinajstić information content (AvgIpc) is 3.49. The fourth-order valence-electron chi connectivity index (χ4n) is 2.79. The minimum atomic E-state index is -0.372. The van der Waals surface area contributed by atoms with Gasteiger partial charge in [0.1, 0.15) is 0 Å². The van der Waals surface area contributed by atoms with Gasteiger partial charge in [-0.25, -0.2) is 0 Å². The summed E-state index contributed by atoms with van der Waals surface area (Å²) in [6.07, 6.45) is 1.84. The number of hydrogen-bond donors (Lipinski definition) is 3. The molecule has 1 saturated carbocycles. The molecule has 3 N–H and O–H groups in total. The van der Waals surface area contributed by atoms with Crippen molar-refractivity contribution in [1.82, 2.24) is 0 Å². The van der Waals surface area contributed by atoms with E-state index in [4.69, 9.17) is 11.6 Å². The summed E-state index contributed by atoms with van der Waals surface area (Å²) in [6, 6.07) is 17.1. The molecule has 0 radical (unpaired) electrons. The van der Waals surface area contributed by atoms with Crippen molar-refractivity contribution in [2.45, 2.75) is 12.8 Å². The molecule has 1 aliphatic carbocycles. The van der Waals surface area contributed by atoms with E-state index >= 15 is 0 Å². The summed E-state index contributed by atoms with van der Waals surface area (Å²) < 4.78 is 0. The number of hydrogen-bond acceptors (Lipinski definition) is 4. The second kappa shape index (κ2) is 8.69. The van der Waals surface area contributed by atoms with Crippen molar-refractivity contribution in [2.75, 3.05) is 16.0 Å². The van der Waals surface area contributed by atoms with Crippen LogP contribution in [0.15, 0.2) is 60.7 Å². The molecule has 0 aliphatic heterocycles. The molecule has 0 bridgehead atoms. The normalized spacial score (nSPS) is 12.8. The summed E-state index contributed by atoms with van der Waals surface area (Å²) >= 11 is 7.38. The molecule has 2 aromatic carbocycles. The number of halogens is 1. The number of rotatable bonds is 6. The molecule has 3 amide bonds. The van der Waals surface area contributed by atoms with Crippen LogP contribution >= 0.6 is 22.9 Å². The fraction of sp³-hybridized carbons (Fsp3) is 0.136. The molecule has 30 heavy (non-hydrogen) atoms. The lowest BCUT2D eigenvalue weighted by Gasteiger charge is -2.10. The van der Waals surface area contributed by atoms with Gasteiger partial charge in [0, 0.05) is 17.3 Å². The summed E-state index contributed by atoms with van der Waals surface area (Å²) in [5.41, 5.74) is 1.34. The van der Waals surface area contributed by atoms with E-state index in [-0.39, 0.29) is 34.2 Å². The molecular weight excluding hydrogens is 422 g/mol. The van der Waals surface area contributed by atoms with Crippen LogP contribution < -0.4 is 16.0 Å². The lowest BCUT2D eigenvalue weighted by atomic mass is 10.1. The van der Waals surface area contributed by atoms with Crippen molar-refractivity contribution < 1.29 is 14.4 Å². The topological polar surface area (TPSA) is 87.3 Å². The minimum absolute atomic E-state index is 0.00409. The van der Waals surface area contributed by atoms with Gasteiger partial charge in [0.05, 0.1) is 20.5 Å². The van der Waals surface area contributed by atoms with Gasteiger partial charge in [0.15, 0.2) is 0 Å². The second-order valence-electron chi connectivity index (χ2n) is 6.90. The number of carbonyl (C=O) groups is 3. The Labute approximate surface area is 182 Å². The average molecular weight is 440 g/mol. The first-order valence-electron chi connectivity index (χ1n) is 9.37. The first-order chi connectivity index (χ1) is 14.5. The van der Waals surface area contributed by atoms with Crippen LogP contribution in [-0.4, -0.2) is 17.7 Å². The van der Waals surface area contributed by atoms with Crippen molar-refractivity contribution >= 4 is 57.0 Å². The van der Waals surface area contributed by atoms with Gasteiger partial charge in [-0.05, 0) is 55.3 Å². The molecule has 1 aliphatic rings. The number of thiophene rings is 1. The fourth-order valence-corrected chi connectivity index (χ4v) is 3.79. The zero-order valence-electron chi connectivity index (χ0n) is 15.8. The maximum atomic E-state index is 12.6. The van der Waals surface area contributed by atoms with E-state index in [1.807, 2.05) is 18.2 Å². The van der Waals surface area contributed by atoms with E-state index in [2.05, 4.69) is 16.0 Å². The van der Waals surface area contributed by atoms with Gasteiger partial charge >= 0.3 is 0 Å². The van der Waals surface area contributed by atoms with Crippen molar-refractivity contribution in [1.29, 1.82) is 0 Å². The van der Waals surface area contributed by atoms with Gasteiger partial charge in [-0.2, -0.15) is 0 Å². The van der Waals surface area contributed by atoms with Gasteiger partial charge in [0.25, 0.3) is 11.8 Å². The third-order valence-electron chi connectivity index (χ3n) is 4.52. The Morgan fingerprint density at radius 2 is 1.57 bits per heavy atom. The SMILES string of the molecule is O=C(Nc1ccc(Cl)c(C(=O)Nc2ccccc2)c1)c1ccc(NC(=O)C2CC2)s1. The summed E-state index contributed by atoms with van der Waals surface area (Å²) in [4.78, 5) is 37.4. The highest BCUT2D eigenvalue weighted by atomic mass is 35.5. The van der Waals surface area contributed by atoms with Gasteiger partial charge in [0.2, 0.25) is 5.91 Å². The third kappa shape index (κ3) is 4.87. The van der Waals surface area contributed by atoms with Crippen LogP contribution in [0, 0.1) is 5.92 Å². The molecule has 0 saturated heterocycles. The Morgan fingerprint density at radius 3 is 2.30 bits per heavy atom. The Balaban J connectivity index is 1.43. The second-order valence-corrected chi connectivity index (χ2v) is 8.39. The number of benzene rings is 2. The number of para-hydroxylation sites is 1. The van der Waals surface area contributed by atoms with Gasteiger partial charge in [-0.3, -0.25) is 14.4 Å². The van der Waals surface area contributed by atoms with Crippen LogP contribution in [0.3, 0.4) is 0 Å². The molecule has 4 rings (SSSR count). The van der Waals surface area contributed by atoms with Gasteiger partial charge in [-0.1, -0.05) is 29.8 Å². The number of anilines is 3. The smallest absolute Gasteiger partial charge is 0.265 e. The number of amides is 3. The Kier molecular flexibility index (Phi) is 5.83. The van der Waals surface area contributed by atoms with E-state index in [1.54, 1.807) is 36.4 Å². The molecule has 152 valence electrons. The molecule has 1 fully saturated rings. The lowest BCUT2D eigenvalue weighted by Crippen LogP contribution is -2.14. The van der Waals surface area contributed by atoms with Crippen molar-refractivity contribution in [3.8, 4) is 0 Å². The highest BCUT2D eigenvalue weighted by Crippen LogP contribution is 2.32. The largest absolute Gasteiger partial charge is 0.322 e. The Hall–Kier alpha value is -3.16. The van der Waals surface area contributed by atoms with E-state index in [9.17, 15) is 14.4 Å². The first kappa shape index (κ1) is 20.1. The summed E-state index contributed by atoms with van der Waals surface area (Å²) in [5, 5.41) is 9.28. The zero-order valence-corrected chi connectivity index (χ0v) is 17.3. The van der Waals surface area contributed by atoms with Crippen molar-refractivity contribution in [3.05, 3.63) is 76.1 Å². The quantitative estimate of drug-likeness (QED) is 0.490. The van der Waals surface area contributed by atoms with Crippen LogP contribution in [0.1, 0.15) is 32.9 Å². The van der Waals surface area contributed by atoms with Crippen LogP contribution in [-0.2, 0) is 4.79 Å². The van der Waals surface area contributed by atoms with E-state index in [0.29, 0.717) is 21.3 Å². The molecule has 1 heterocycles. The van der Waals surface area contributed by atoms with E-state index < -0.39 is 0 Å². The Morgan fingerprint density at radius 1 is 0.833 bits per heavy atom. The van der Waals surface area contributed by atoms with Gasteiger partial charge in [-0.15, -0.1) is 11.3 Å². The van der Waals surface area contributed by atoms with Crippen LogP contribution in [0.2, 0.25) is 5.02 Å². The summed E-state index contributed by atoms with van der Waals surface area (Å²) in [6.45, 7) is 0. The zero-order chi connectivity index (χ0) is 21.1. The molecular formula is C22H18ClN3O3S. The lowest BCUT2D eigenvalue weighted by molar-refractivity contribution is -0.117. The predicted octanol–water partition coefficient (Wildman–Crippen LogP) is 5.25. The molecule has 6 nitrogen and oxygen atoms in total. The molecule has 1 aromatic heterocycles. The van der Waals surface area contributed by atoms with Crippen molar-refractivity contribution in [2.24, 2.45) is 5.92 Å². The third-order valence-corrected chi connectivity index (χ3v) is 5.85. The highest BCUT2D eigenvalue weighted by molar-refractivity contribution is 7.18. The maximum absolute atomic E-state index is 12.6. The van der Waals surface area contributed by atoms with E-state index in [1.165, 1.54) is 17.4 Å². The summed E-state index contributed by atoms with van der Waals surface area (Å²) in [5.74, 6) is -0.610. The van der Waals surface area contributed by atoms with Crippen LogP contribution in [0.5, 0.6) is 0 Å². The van der Waals surface area contributed by atoms with E-state index in [0.717, 1.165) is 12.8 Å². The standard InChI is InChI=1S/C22H18ClN3O3S/c23-17-9-8-15(12-16(17)21(28)24-14-4-2-1-3-5-14)25-22(29)18-10-11-19(30-18)26-20(27)13-6-7-13/h1-5,8-13H,6-7H2,(H,24,28)(H,25,29)(H,26,27). The molecule has 0 unspecified atom stereocenters. The van der Waals surface area contributed by atoms with Crippen LogP contribution in [0.4, 0.5) is 16.4 Å². The Bertz CT molecular complexity index is 1110. The monoisotopic (exact) mass is 439 g/mol. The highest BCUT2D eigenvalue weighted by Gasteiger charge is 2.29. The molecule has 0 atom stereocenters. The van der Waals surface area contributed by atoms with Gasteiger partial charge < -0.3 is 16.0 Å². The maximum Gasteiger partial charge on any atom is 0.265 e. The number of carbonyl (C=O) groups excluding carboxylic acids is 3. The molecule has 8 heteroatoms. The molecule has 3 aromatic rings. The number of nitrogens with one attached hydrogen (secondary N) is 3. The van der Waals surface area contributed by atoms with Crippen molar-refractivity contribution in [3.63, 3.8) is 0 Å². The summed E-state index contributed by atoms with van der Waals surface area (Å²) in [7, 11) is 0. The predicted molar refractivity (Wildman–Crippen MR) is 119 cm³/mol.